The fourth-order valence-corrected chi connectivity index (χ4v) is 3.97. The molecule has 3 rings (SSSR count). The van der Waals surface area contributed by atoms with Crippen molar-refractivity contribution in [2.45, 2.75) is 4.90 Å². The van der Waals surface area contributed by atoms with Crippen LogP contribution in [0.4, 0.5) is 0 Å². The van der Waals surface area contributed by atoms with E-state index < -0.39 is 10.0 Å². The molecule has 1 aliphatic heterocycles. The Labute approximate surface area is 165 Å². The summed E-state index contributed by atoms with van der Waals surface area (Å²) in [6.45, 7) is 5.08. The zero-order valence-corrected chi connectivity index (χ0v) is 16.8. The first-order chi connectivity index (χ1) is 12.9. The molecule has 0 radical (unpaired) electrons. The van der Waals surface area contributed by atoms with Crippen LogP contribution in [0.15, 0.2) is 53.4 Å². The number of ether oxygens (including phenoxy) is 1. The molecule has 1 heterocycles. The van der Waals surface area contributed by atoms with Crippen LogP contribution in [0.1, 0.15) is 0 Å². The number of nitrogens with one attached hydrogen (secondary N) is 1. The number of piperazine rings is 1. The van der Waals surface area contributed by atoms with Crippen LogP contribution in [0.3, 0.4) is 0 Å². The van der Waals surface area contributed by atoms with Gasteiger partial charge in [0.2, 0.25) is 10.0 Å². The van der Waals surface area contributed by atoms with Crippen LogP contribution in [-0.4, -0.2) is 64.5 Å². The Morgan fingerprint density at radius 1 is 0.963 bits per heavy atom. The maximum absolute atomic E-state index is 12.4. The van der Waals surface area contributed by atoms with Gasteiger partial charge in [-0.2, -0.15) is 0 Å². The molecule has 0 unspecified atom stereocenters. The van der Waals surface area contributed by atoms with Gasteiger partial charge in [-0.25, -0.2) is 13.1 Å². The number of sulfonamides is 1. The summed E-state index contributed by atoms with van der Waals surface area (Å²) >= 11 is 5.85. The Kier molecular flexibility index (Phi) is 6.73. The van der Waals surface area contributed by atoms with Crippen LogP contribution >= 0.6 is 11.6 Å². The van der Waals surface area contributed by atoms with E-state index >= 15 is 0 Å². The summed E-state index contributed by atoms with van der Waals surface area (Å²) in [5.74, 6) is 1.20. The zero-order chi connectivity index (χ0) is 19.3. The van der Waals surface area contributed by atoms with E-state index in [1.807, 2.05) is 0 Å². The largest absolute Gasteiger partial charge is 0.457 e. The standard InChI is InChI=1S/C19H24ClN3O3S/c1-22-12-14-23(15-13-22)11-10-21-27(24,25)19-8-6-18(7-9-19)26-17-4-2-16(20)3-5-17/h2-9,21H,10-15H2,1H3. The first-order valence-corrected chi connectivity index (χ1v) is 10.7. The Hall–Kier alpha value is -1.64. The molecule has 1 fully saturated rings. The van der Waals surface area contributed by atoms with E-state index in [1.165, 1.54) is 0 Å². The van der Waals surface area contributed by atoms with Gasteiger partial charge in [-0.1, -0.05) is 11.6 Å². The SMILES string of the molecule is CN1CCN(CCNS(=O)(=O)c2ccc(Oc3ccc(Cl)cc3)cc2)CC1. The number of hydrogen-bond donors (Lipinski definition) is 1. The molecule has 2 aromatic rings. The summed E-state index contributed by atoms with van der Waals surface area (Å²) < 4.78 is 33.2. The molecule has 0 aliphatic carbocycles. The van der Waals surface area contributed by atoms with Crippen molar-refractivity contribution in [1.29, 1.82) is 0 Å². The van der Waals surface area contributed by atoms with Crippen molar-refractivity contribution in [2.24, 2.45) is 0 Å². The monoisotopic (exact) mass is 409 g/mol. The first-order valence-electron chi connectivity index (χ1n) is 8.86. The average molecular weight is 410 g/mol. The summed E-state index contributed by atoms with van der Waals surface area (Å²) in [6.07, 6.45) is 0. The third-order valence-electron chi connectivity index (χ3n) is 4.50. The summed E-state index contributed by atoms with van der Waals surface area (Å²) in [7, 11) is -1.43. The molecule has 0 atom stereocenters. The third-order valence-corrected chi connectivity index (χ3v) is 6.23. The second kappa shape index (κ2) is 9.03. The molecule has 6 nitrogen and oxygen atoms in total. The molecule has 1 N–H and O–H groups in total. The maximum Gasteiger partial charge on any atom is 0.240 e. The minimum atomic E-state index is -3.53. The highest BCUT2D eigenvalue weighted by Gasteiger charge is 2.16. The van der Waals surface area contributed by atoms with Crippen molar-refractivity contribution in [3.63, 3.8) is 0 Å². The topological polar surface area (TPSA) is 61.9 Å². The second-order valence-electron chi connectivity index (χ2n) is 6.57. The van der Waals surface area contributed by atoms with Gasteiger partial charge in [-0.15, -0.1) is 0 Å². The fraction of sp³-hybridized carbons (Fsp3) is 0.368. The van der Waals surface area contributed by atoms with Crippen molar-refractivity contribution >= 4 is 21.6 Å². The van der Waals surface area contributed by atoms with E-state index in [-0.39, 0.29) is 4.90 Å². The minimum Gasteiger partial charge on any atom is -0.457 e. The summed E-state index contributed by atoms with van der Waals surface area (Å²) in [6, 6.07) is 13.4. The lowest BCUT2D eigenvalue weighted by atomic mass is 10.3. The summed E-state index contributed by atoms with van der Waals surface area (Å²) in [5, 5.41) is 0.631. The fourth-order valence-electron chi connectivity index (χ4n) is 2.82. The van der Waals surface area contributed by atoms with Gasteiger partial charge in [-0.05, 0) is 55.6 Å². The highest BCUT2D eigenvalue weighted by Crippen LogP contribution is 2.24. The summed E-state index contributed by atoms with van der Waals surface area (Å²) in [5.41, 5.74) is 0. The zero-order valence-electron chi connectivity index (χ0n) is 15.3. The van der Waals surface area contributed by atoms with E-state index in [2.05, 4.69) is 21.6 Å². The Bertz CT molecular complexity index is 834. The van der Waals surface area contributed by atoms with Gasteiger partial charge in [0.15, 0.2) is 0 Å². The molecule has 0 aromatic heterocycles. The maximum atomic E-state index is 12.4. The van der Waals surface area contributed by atoms with Gasteiger partial charge in [0.25, 0.3) is 0 Å². The Balaban J connectivity index is 1.52. The van der Waals surface area contributed by atoms with Crippen LogP contribution in [0.5, 0.6) is 11.5 Å². The lowest BCUT2D eigenvalue weighted by Gasteiger charge is -2.32. The van der Waals surface area contributed by atoms with Crippen molar-refractivity contribution in [3.05, 3.63) is 53.6 Å². The molecular formula is C19H24ClN3O3S. The van der Waals surface area contributed by atoms with E-state index in [9.17, 15) is 8.42 Å². The predicted molar refractivity (Wildman–Crippen MR) is 107 cm³/mol. The smallest absolute Gasteiger partial charge is 0.240 e. The number of likely N-dealkylation sites (N-methyl/N-ethyl adjacent to an activating group) is 1. The normalized spacial score (nSPS) is 16.4. The van der Waals surface area contributed by atoms with Gasteiger partial charge in [0.05, 0.1) is 4.90 Å². The van der Waals surface area contributed by atoms with Gasteiger partial charge in [0.1, 0.15) is 11.5 Å². The lowest BCUT2D eigenvalue weighted by Crippen LogP contribution is -2.46. The number of benzene rings is 2. The average Bonchev–Trinajstić information content (AvgIpc) is 2.66. The Morgan fingerprint density at radius 2 is 1.52 bits per heavy atom. The molecule has 2 aromatic carbocycles. The number of rotatable bonds is 7. The summed E-state index contributed by atoms with van der Waals surface area (Å²) in [4.78, 5) is 4.77. The number of nitrogens with zero attached hydrogens (tertiary/aromatic N) is 2. The van der Waals surface area contributed by atoms with Crippen LogP contribution in [0.2, 0.25) is 5.02 Å². The van der Waals surface area contributed by atoms with E-state index in [0.717, 1.165) is 26.2 Å². The molecule has 0 saturated carbocycles. The number of hydrogen-bond acceptors (Lipinski definition) is 5. The molecule has 1 aliphatic rings. The van der Waals surface area contributed by atoms with Crippen molar-refractivity contribution in [2.75, 3.05) is 46.3 Å². The predicted octanol–water partition coefficient (Wildman–Crippen LogP) is 2.66. The highest BCUT2D eigenvalue weighted by atomic mass is 35.5. The molecule has 0 bridgehead atoms. The second-order valence-corrected chi connectivity index (χ2v) is 8.77. The van der Waals surface area contributed by atoms with Gasteiger partial charge < -0.3 is 9.64 Å². The molecule has 27 heavy (non-hydrogen) atoms. The van der Waals surface area contributed by atoms with Crippen molar-refractivity contribution < 1.29 is 13.2 Å². The van der Waals surface area contributed by atoms with Crippen LogP contribution in [0.25, 0.3) is 0 Å². The van der Waals surface area contributed by atoms with E-state index in [1.54, 1.807) is 48.5 Å². The molecular weight excluding hydrogens is 386 g/mol. The van der Waals surface area contributed by atoms with Crippen LogP contribution < -0.4 is 9.46 Å². The van der Waals surface area contributed by atoms with Gasteiger partial charge in [-0.3, -0.25) is 4.90 Å². The molecule has 0 amide bonds. The Morgan fingerprint density at radius 3 is 2.11 bits per heavy atom. The first kappa shape index (κ1) is 20.1. The molecule has 0 spiro atoms. The lowest BCUT2D eigenvalue weighted by molar-refractivity contribution is 0.156. The van der Waals surface area contributed by atoms with Gasteiger partial charge in [0, 0.05) is 44.3 Å². The van der Waals surface area contributed by atoms with Crippen LogP contribution in [-0.2, 0) is 10.0 Å². The quantitative estimate of drug-likeness (QED) is 0.761. The third kappa shape index (κ3) is 5.92. The van der Waals surface area contributed by atoms with E-state index in [0.29, 0.717) is 29.6 Å². The molecule has 8 heteroatoms. The number of halogens is 1. The highest BCUT2D eigenvalue weighted by molar-refractivity contribution is 7.89. The van der Waals surface area contributed by atoms with Crippen LogP contribution in [0, 0.1) is 0 Å². The minimum absolute atomic E-state index is 0.226. The van der Waals surface area contributed by atoms with Gasteiger partial charge >= 0.3 is 0 Å². The molecule has 146 valence electrons. The van der Waals surface area contributed by atoms with E-state index in [4.69, 9.17) is 16.3 Å². The molecule has 1 saturated heterocycles. The van der Waals surface area contributed by atoms with Crippen molar-refractivity contribution in [1.82, 2.24) is 14.5 Å². The van der Waals surface area contributed by atoms with Crippen molar-refractivity contribution in [3.8, 4) is 11.5 Å².